The van der Waals surface area contributed by atoms with Gasteiger partial charge in [-0.1, -0.05) is 32.6 Å². The number of hydrogen-bond acceptors (Lipinski definition) is 1. The van der Waals surface area contributed by atoms with E-state index in [1.54, 1.807) is 19.3 Å². The molecule has 1 spiro atoms. The second-order valence-corrected chi connectivity index (χ2v) is 16.3. The zero-order valence-electron chi connectivity index (χ0n) is 9.78. The summed E-state index contributed by atoms with van der Waals surface area (Å²) in [6, 6.07) is 0. The quantitative estimate of drug-likeness (QED) is 0.623. The predicted octanol–water partition coefficient (Wildman–Crippen LogP) is 2.92. The summed E-state index contributed by atoms with van der Waals surface area (Å²) in [7, 11) is -2.10. The van der Waals surface area contributed by atoms with Crippen LogP contribution in [0.4, 0.5) is 0 Å². The molecule has 1 N–H and O–H groups in total. The number of rotatable bonds is 0. The zero-order chi connectivity index (χ0) is 9.98. The van der Waals surface area contributed by atoms with Crippen LogP contribution >= 0.6 is 0 Å². The van der Waals surface area contributed by atoms with Crippen LogP contribution in [-0.2, 0) is 0 Å². The SMILES string of the molecule is C[Si]1(C)N[Si](C)(C)C23C4CCCC2C431. The third kappa shape index (κ3) is 0.456. The molecule has 0 aromatic heterocycles. The first-order valence-electron chi connectivity index (χ1n) is 6.22. The first kappa shape index (κ1) is 8.53. The fourth-order valence-electron chi connectivity index (χ4n) is 6.79. The Morgan fingerprint density at radius 1 is 0.929 bits per heavy atom. The molecule has 0 unspecified atom stereocenters. The van der Waals surface area contributed by atoms with Crippen LogP contribution in [0, 0.1) is 11.8 Å². The van der Waals surface area contributed by atoms with E-state index in [-0.39, 0.29) is 0 Å². The van der Waals surface area contributed by atoms with Crippen LogP contribution in [0.15, 0.2) is 0 Å². The van der Waals surface area contributed by atoms with Crippen LogP contribution < -0.4 is 4.65 Å². The van der Waals surface area contributed by atoms with Gasteiger partial charge in [0.25, 0.3) is 0 Å². The van der Waals surface area contributed by atoms with Crippen LogP contribution in [0.5, 0.6) is 0 Å². The molecule has 14 heavy (non-hydrogen) atoms. The smallest absolute Gasteiger partial charge is 0.120 e. The molecule has 4 fully saturated rings. The summed E-state index contributed by atoms with van der Waals surface area (Å²) >= 11 is 0. The van der Waals surface area contributed by atoms with Crippen molar-refractivity contribution in [3.63, 3.8) is 0 Å². The zero-order valence-corrected chi connectivity index (χ0v) is 11.8. The van der Waals surface area contributed by atoms with Crippen molar-refractivity contribution in [2.24, 2.45) is 11.8 Å². The molecule has 3 heteroatoms. The Hall–Kier alpha value is 0.394. The molecule has 78 valence electrons. The summed E-state index contributed by atoms with van der Waals surface area (Å²) < 4.78 is 4.16. The Balaban J connectivity index is 1.90. The Morgan fingerprint density at radius 3 is 1.71 bits per heavy atom. The van der Waals surface area contributed by atoms with E-state index in [1.807, 2.05) is 0 Å². The Morgan fingerprint density at radius 2 is 1.36 bits per heavy atom. The molecule has 3 saturated carbocycles. The van der Waals surface area contributed by atoms with Crippen molar-refractivity contribution < 1.29 is 0 Å². The van der Waals surface area contributed by atoms with E-state index < -0.39 is 16.5 Å². The fraction of sp³-hybridized carbons (Fsp3) is 1.00. The highest BCUT2D eigenvalue weighted by atomic mass is 28.4. The Kier molecular flexibility index (Phi) is 1.06. The average molecular weight is 223 g/mol. The van der Waals surface area contributed by atoms with Crippen molar-refractivity contribution in [2.75, 3.05) is 0 Å². The fourth-order valence-corrected chi connectivity index (χ4v) is 24.3. The third-order valence-corrected chi connectivity index (χ3v) is 18.0. The van der Waals surface area contributed by atoms with Crippen molar-refractivity contribution in [1.82, 2.24) is 4.65 Å². The molecule has 3 aliphatic carbocycles. The van der Waals surface area contributed by atoms with Gasteiger partial charge in [-0.3, -0.25) is 0 Å². The van der Waals surface area contributed by atoms with Gasteiger partial charge >= 0.3 is 0 Å². The predicted molar refractivity (Wildman–Crippen MR) is 64.3 cm³/mol. The first-order valence-corrected chi connectivity index (χ1v) is 12.2. The molecule has 4 rings (SSSR count). The van der Waals surface area contributed by atoms with E-state index in [1.165, 1.54) is 11.8 Å². The molecule has 1 aliphatic heterocycles. The number of nitrogens with one attached hydrogen (secondary N) is 1. The largest absolute Gasteiger partial charge is 0.359 e. The summed E-state index contributed by atoms with van der Waals surface area (Å²) in [5, 5.41) is 1.88. The lowest BCUT2D eigenvalue weighted by atomic mass is 9.88. The maximum atomic E-state index is 4.16. The Labute approximate surface area is 88.8 Å². The molecule has 0 aromatic carbocycles. The second kappa shape index (κ2) is 1.74. The minimum absolute atomic E-state index is 0.938. The van der Waals surface area contributed by atoms with Crippen molar-refractivity contribution in [3.05, 3.63) is 0 Å². The van der Waals surface area contributed by atoms with Crippen molar-refractivity contribution in [1.29, 1.82) is 0 Å². The van der Waals surface area contributed by atoms with E-state index in [4.69, 9.17) is 0 Å². The average Bonchev–Trinajstić information content (AvgIpc) is 2.84. The maximum absolute atomic E-state index is 4.16. The van der Waals surface area contributed by atoms with Gasteiger partial charge in [-0.25, -0.2) is 0 Å². The normalized spacial score (nSPS) is 64.3. The summed E-state index contributed by atoms with van der Waals surface area (Å²) in [5.74, 6) is 2.41. The molecule has 0 atom stereocenters. The van der Waals surface area contributed by atoms with E-state index in [0.717, 1.165) is 10.1 Å². The third-order valence-electron chi connectivity index (χ3n) is 6.40. The molecular weight excluding hydrogens is 202 g/mol. The van der Waals surface area contributed by atoms with Gasteiger partial charge in [-0.15, -0.1) is 0 Å². The summed E-state index contributed by atoms with van der Waals surface area (Å²) in [6.45, 7) is 10.5. The monoisotopic (exact) mass is 223 g/mol. The standard InChI is InChI=1S/C11H21NSi2/c1-13(2)10-8-6-5-7-9(10)11(8,10)14(3,4)12-13/h8-9,12H,5-7H2,1-4H3. The van der Waals surface area contributed by atoms with E-state index >= 15 is 0 Å². The van der Waals surface area contributed by atoms with Crippen molar-refractivity contribution in [2.45, 2.75) is 55.5 Å². The molecule has 1 nitrogen and oxygen atoms in total. The highest BCUT2D eigenvalue weighted by molar-refractivity contribution is 7.04. The van der Waals surface area contributed by atoms with E-state index in [9.17, 15) is 0 Å². The van der Waals surface area contributed by atoms with Gasteiger partial charge in [0, 0.05) is 0 Å². The summed E-state index contributed by atoms with van der Waals surface area (Å²) in [5.41, 5.74) is 0. The van der Waals surface area contributed by atoms with Gasteiger partial charge in [0.15, 0.2) is 0 Å². The molecular formula is C11H21NSi2. The van der Waals surface area contributed by atoms with Crippen LogP contribution in [-0.4, -0.2) is 16.5 Å². The molecule has 0 amide bonds. The number of hydrogen-bond donors (Lipinski definition) is 1. The second-order valence-electron chi connectivity index (χ2n) is 7.15. The van der Waals surface area contributed by atoms with Crippen LogP contribution in [0.1, 0.15) is 19.3 Å². The topological polar surface area (TPSA) is 12.0 Å². The summed E-state index contributed by atoms with van der Waals surface area (Å²) in [6.07, 6.45) is 4.73. The lowest BCUT2D eigenvalue weighted by Crippen LogP contribution is -2.63. The molecule has 4 aliphatic rings. The molecule has 0 aromatic rings. The van der Waals surface area contributed by atoms with Crippen molar-refractivity contribution in [3.8, 4) is 0 Å². The van der Waals surface area contributed by atoms with Gasteiger partial charge in [-0.2, -0.15) is 0 Å². The van der Waals surface area contributed by atoms with Crippen LogP contribution in [0.25, 0.3) is 0 Å². The van der Waals surface area contributed by atoms with Gasteiger partial charge in [0.05, 0.1) is 0 Å². The minimum atomic E-state index is -1.05. The Bertz CT molecular complexity index is 307. The first-order chi connectivity index (χ1) is 6.43. The molecule has 1 heterocycles. The highest BCUT2D eigenvalue weighted by Crippen LogP contribution is 3.14. The minimum Gasteiger partial charge on any atom is -0.359 e. The van der Waals surface area contributed by atoms with Gasteiger partial charge in [0.1, 0.15) is 16.5 Å². The van der Waals surface area contributed by atoms with Crippen molar-refractivity contribution >= 4 is 16.5 Å². The van der Waals surface area contributed by atoms with Crippen LogP contribution in [0.2, 0.25) is 36.3 Å². The van der Waals surface area contributed by atoms with E-state index in [0.29, 0.717) is 0 Å². The van der Waals surface area contributed by atoms with Gasteiger partial charge in [-0.05, 0) is 34.8 Å². The summed E-state index contributed by atoms with van der Waals surface area (Å²) in [4.78, 5) is 0. The molecule has 0 bridgehead atoms. The highest BCUT2D eigenvalue weighted by Gasteiger charge is 3.07. The molecule has 1 saturated heterocycles. The molecule has 0 radical (unpaired) electrons. The van der Waals surface area contributed by atoms with Gasteiger partial charge < -0.3 is 4.65 Å². The van der Waals surface area contributed by atoms with Gasteiger partial charge in [0.2, 0.25) is 0 Å². The van der Waals surface area contributed by atoms with Crippen LogP contribution in [0.3, 0.4) is 0 Å². The lowest BCUT2D eigenvalue weighted by Gasteiger charge is -2.46. The maximum Gasteiger partial charge on any atom is 0.120 e. The lowest BCUT2D eigenvalue weighted by molar-refractivity contribution is 0.333. The van der Waals surface area contributed by atoms with E-state index in [2.05, 4.69) is 30.8 Å².